The molecule has 7 nitrogen and oxygen atoms in total. The van der Waals surface area contributed by atoms with Gasteiger partial charge in [-0.1, -0.05) is 36.8 Å². The van der Waals surface area contributed by atoms with E-state index in [0.717, 1.165) is 46.4 Å². The number of fused-ring (bicyclic) bond motifs is 2. The molecule has 0 aliphatic heterocycles. The first kappa shape index (κ1) is 22.6. The third kappa shape index (κ3) is 4.08. The summed E-state index contributed by atoms with van der Waals surface area (Å²) in [5.41, 5.74) is 6.42. The zero-order valence-corrected chi connectivity index (χ0v) is 20.6. The molecule has 6 aromatic rings. The highest BCUT2D eigenvalue weighted by atomic mass is 19.1. The van der Waals surface area contributed by atoms with Gasteiger partial charge in [0.2, 0.25) is 0 Å². The maximum absolute atomic E-state index is 14.6. The van der Waals surface area contributed by atoms with Gasteiger partial charge in [-0.3, -0.25) is 10.1 Å². The highest BCUT2D eigenvalue weighted by molar-refractivity contribution is 5.96. The van der Waals surface area contributed by atoms with Gasteiger partial charge in [0.15, 0.2) is 11.5 Å². The third-order valence-corrected chi connectivity index (χ3v) is 7.17. The number of hydrogen-bond acceptors (Lipinski definition) is 5. The normalized spacial score (nSPS) is 14.3. The number of para-hydroxylation sites is 1. The van der Waals surface area contributed by atoms with Gasteiger partial charge in [0.1, 0.15) is 17.1 Å². The van der Waals surface area contributed by atoms with Crippen molar-refractivity contribution in [2.45, 2.75) is 38.2 Å². The van der Waals surface area contributed by atoms with Crippen LogP contribution in [0.4, 0.5) is 4.39 Å². The van der Waals surface area contributed by atoms with E-state index in [1.165, 1.54) is 25.3 Å². The van der Waals surface area contributed by atoms with Crippen LogP contribution in [-0.2, 0) is 0 Å². The molecule has 1 aliphatic carbocycles. The molecule has 0 bridgehead atoms. The van der Waals surface area contributed by atoms with E-state index >= 15 is 0 Å². The van der Waals surface area contributed by atoms with Gasteiger partial charge in [0.25, 0.3) is 0 Å². The van der Waals surface area contributed by atoms with Crippen LogP contribution in [-0.4, -0.2) is 36.2 Å². The smallest absolute Gasteiger partial charge is 0.161 e. The van der Waals surface area contributed by atoms with Crippen molar-refractivity contribution in [3.8, 4) is 39.7 Å². The molecule has 4 heterocycles. The molecule has 7 rings (SSSR count). The molecule has 0 amide bonds. The average Bonchev–Trinajstić information content (AvgIpc) is 3.58. The monoisotopic (exact) mass is 504 g/mol. The summed E-state index contributed by atoms with van der Waals surface area (Å²) < 4.78 is 20.8. The molecular formula is C30H25FN6O. The van der Waals surface area contributed by atoms with E-state index in [4.69, 9.17) is 14.7 Å². The number of nitrogens with zero attached hydrogens (tertiary/aromatic N) is 4. The number of hydrogen-bond donors (Lipinski definition) is 2. The summed E-state index contributed by atoms with van der Waals surface area (Å²) in [5.74, 6) is 1.04. The maximum Gasteiger partial charge on any atom is 0.161 e. The molecule has 0 atom stereocenters. The SMILES string of the molecule is Fc1ccccc1-c1cccc2[nH]c(-c3n[nH]c4ccc(-c5cncc(OC6CCCCC6)c5)nc34)nc12. The summed E-state index contributed by atoms with van der Waals surface area (Å²) in [4.78, 5) is 17.5. The van der Waals surface area contributed by atoms with Crippen molar-refractivity contribution in [2.75, 3.05) is 0 Å². The third-order valence-electron chi connectivity index (χ3n) is 7.17. The van der Waals surface area contributed by atoms with Crippen LogP contribution in [0.2, 0.25) is 0 Å². The number of halogens is 1. The Morgan fingerprint density at radius 2 is 1.68 bits per heavy atom. The molecule has 0 spiro atoms. The van der Waals surface area contributed by atoms with Crippen molar-refractivity contribution >= 4 is 22.1 Å². The van der Waals surface area contributed by atoms with Crippen LogP contribution >= 0.6 is 0 Å². The molecule has 38 heavy (non-hydrogen) atoms. The minimum Gasteiger partial charge on any atom is -0.489 e. The van der Waals surface area contributed by atoms with Gasteiger partial charge in [0.05, 0.1) is 34.5 Å². The van der Waals surface area contributed by atoms with E-state index in [9.17, 15) is 4.39 Å². The number of pyridine rings is 2. The minimum absolute atomic E-state index is 0.249. The summed E-state index contributed by atoms with van der Waals surface area (Å²) in [6, 6.07) is 18.3. The fourth-order valence-electron chi connectivity index (χ4n) is 5.26. The van der Waals surface area contributed by atoms with Crippen LogP contribution in [0, 0.1) is 5.82 Å². The second kappa shape index (κ2) is 9.37. The van der Waals surface area contributed by atoms with Crippen molar-refractivity contribution in [3.05, 3.63) is 78.9 Å². The molecule has 0 radical (unpaired) electrons. The largest absolute Gasteiger partial charge is 0.489 e. The van der Waals surface area contributed by atoms with Gasteiger partial charge < -0.3 is 9.72 Å². The lowest BCUT2D eigenvalue weighted by Crippen LogP contribution is -2.19. The van der Waals surface area contributed by atoms with E-state index < -0.39 is 0 Å². The Labute approximate surface area is 218 Å². The second-order valence-corrected chi connectivity index (χ2v) is 9.72. The Bertz CT molecular complexity index is 1770. The van der Waals surface area contributed by atoms with Crippen LogP contribution in [0.15, 0.2) is 73.1 Å². The predicted molar refractivity (Wildman–Crippen MR) is 145 cm³/mol. The molecule has 2 N–H and O–H groups in total. The Morgan fingerprint density at radius 1 is 0.816 bits per heavy atom. The summed E-state index contributed by atoms with van der Waals surface area (Å²) in [5, 5.41) is 7.57. The maximum atomic E-state index is 14.6. The van der Waals surface area contributed by atoms with Crippen molar-refractivity contribution in [3.63, 3.8) is 0 Å². The van der Waals surface area contributed by atoms with Crippen molar-refractivity contribution in [1.29, 1.82) is 0 Å². The molecule has 4 aromatic heterocycles. The lowest BCUT2D eigenvalue weighted by atomic mass is 9.98. The van der Waals surface area contributed by atoms with Gasteiger partial charge in [-0.15, -0.1) is 0 Å². The molecule has 1 aliphatic rings. The van der Waals surface area contributed by atoms with Gasteiger partial charge in [0, 0.05) is 22.9 Å². The van der Waals surface area contributed by atoms with E-state index in [1.807, 2.05) is 42.5 Å². The summed E-state index contributed by atoms with van der Waals surface area (Å²) in [7, 11) is 0. The molecular weight excluding hydrogens is 479 g/mol. The predicted octanol–water partition coefficient (Wildman–Crippen LogP) is 7.08. The van der Waals surface area contributed by atoms with Gasteiger partial charge in [-0.2, -0.15) is 5.10 Å². The van der Waals surface area contributed by atoms with Crippen LogP contribution in [0.1, 0.15) is 32.1 Å². The highest BCUT2D eigenvalue weighted by Crippen LogP contribution is 2.33. The number of aromatic amines is 2. The Balaban J connectivity index is 1.26. The molecule has 8 heteroatoms. The van der Waals surface area contributed by atoms with Crippen LogP contribution in [0.3, 0.4) is 0 Å². The van der Waals surface area contributed by atoms with E-state index in [1.54, 1.807) is 24.5 Å². The van der Waals surface area contributed by atoms with Crippen molar-refractivity contribution < 1.29 is 9.13 Å². The number of rotatable bonds is 5. The fourth-order valence-corrected chi connectivity index (χ4v) is 5.26. The molecule has 188 valence electrons. The quantitative estimate of drug-likeness (QED) is 0.262. The standard InChI is InChI=1S/C30H25FN6O/c31-23-11-5-4-9-21(23)22-10-6-12-25-27(22)35-30(34-25)29-28-26(36-37-29)14-13-24(33-28)18-15-20(17-32-16-18)38-19-7-2-1-3-8-19/h4-6,9-17,19H,1-3,7-8H2,(H,34,35)(H,36,37). The van der Waals surface area contributed by atoms with Crippen molar-refractivity contribution in [1.82, 2.24) is 30.1 Å². The highest BCUT2D eigenvalue weighted by Gasteiger charge is 2.19. The summed E-state index contributed by atoms with van der Waals surface area (Å²) >= 11 is 0. The van der Waals surface area contributed by atoms with E-state index in [0.29, 0.717) is 28.1 Å². The first-order valence-corrected chi connectivity index (χ1v) is 12.9. The second-order valence-electron chi connectivity index (χ2n) is 9.72. The number of aromatic nitrogens is 6. The average molecular weight is 505 g/mol. The number of benzene rings is 2. The Hall–Kier alpha value is -4.59. The number of ether oxygens (including phenoxy) is 1. The van der Waals surface area contributed by atoms with Crippen LogP contribution in [0.25, 0.3) is 56.0 Å². The van der Waals surface area contributed by atoms with Crippen LogP contribution in [0.5, 0.6) is 5.75 Å². The van der Waals surface area contributed by atoms with Gasteiger partial charge >= 0.3 is 0 Å². The lowest BCUT2D eigenvalue weighted by molar-refractivity contribution is 0.154. The summed E-state index contributed by atoms with van der Waals surface area (Å²) in [6.45, 7) is 0. The Morgan fingerprint density at radius 3 is 2.58 bits per heavy atom. The minimum atomic E-state index is -0.288. The fraction of sp³-hybridized carbons (Fsp3) is 0.200. The number of imidazole rings is 1. The molecule has 2 aromatic carbocycles. The number of H-pyrrole nitrogens is 2. The Kier molecular flexibility index (Phi) is 5.57. The molecule has 1 saturated carbocycles. The molecule has 1 fully saturated rings. The molecule has 0 saturated heterocycles. The van der Waals surface area contributed by atoms with Gasteiger partial charge in [-0.25, -0.2) is 14.4 Å². The zero-order chi connectivity index (χ0) is 25.5. The first-order chi connectivity index (χ1) is 18.7. The lowest BCUT2D eigenvalue weighted by Gasteiger charge is -2.22. The first-order valence-electron chi connectivity index (χ1n) is 12.9. The topological polar surface area (TPSA) is 92.4 Å². The van der Waals surface area contributed by atoms with Gasteiger partial charge in [-0.05, 0) is 56.0 Å². The van der Waals surface area contributed by atoms with E-state index in [-0.39, 0.29) is 11.9 Å². The number of nitrogens with one attached hydrogen (secondary N) is 2. The van der Waals surface area contributed by atoms with Crippen LogP contribution < -0.4 is 4.74 Å². The van der Waals surface area contributed by atoms with Crippen molar-refractivity contribution in [2.24, 2.45) is 0 Å². The summed E-state index contributed by atoms with van der Waals surface area (Å²) in [6.07, 6.45) is 9.69. The zero-order valence-electron chi connectivity index (χ0n) is 20.6. The molecule has 0 unspecified atom stereocenters. The van der Waals surface area contributed by atoms with E-state index in [2.05, 4.69) is 20.2 Å².